The van der Waals surface area contributed by atoms with Crippen LogP contribution in [0.25, 0.3) is 0 Å². The van der Waals surface area contributed by atoms with E-state index in [-0.39, 0.29) is 11.7 Å². The molecule has 1 saturated carbocycles. The van der Waals surface area contributed by atoms with Crippen molar-refractivity contribution in [1.29, 1.82) is 0 Å². The van der Waals surface area contributed by atoms with E-state index in [1.54, 1.807) is 12.1 Å². The van der Waals surface area contributed by atoms with E-state index in [4.69, 9.17) is 0 Å². The topological polar surface area (TPSA) is 32.3 Å². The summed E-state index contributed by atoms with van der Waals surface area (Å²) in [6, 6.07) is 15.6. The van der Waals surface area contributed by atoms with Crippen LogP contribution in [0.3, 0.4) is 0 Å². The minimum Gasteiger partial charge on any atom is -0.355 e. The predicted octanol–water partition coefficient (Wildman–Crippen LogP) is 3.71. The van der Waals surface area contributed by atoms with Crippen LogP contribution in [0.4, 0.5) is 4.39 Å². The molecule has 2 aromatic rings. The first-order valence-electron chi connectivity index (χ1n) is 9.47. The zero-order chi connectivity index (χ0) is 18.4. The highest BCUT2D eigenvalue weighted by molar-refractivity contribution is 5.78. The second-order valence-electron chi connectivity index (χ2n) is 7.03. The molecule has 1 N–H and O–H groups in total. The number of nitrogens with zero attached hydrogens (tertiary/aromatic N) is 1. The highest BCUT2D eigenvalue weighted by atomic mass is 19.1. The van der Waals surface area contributed by atoms with Gasteiger partial charge in [-0.25, -0.2) is 4.39 Å². The smallest absolute Gasteiger partial charge is 0.234 e. The molecule has 1 aliphatic rings. The van der Waals surface area contributed by atoms with E-state index in [0.29, 0.717) is 25.6 Å². The molecule has 1 aliphatic carbocycles. The van der Waals surface area contributed by atoms with Crippen LogP contribution < -0.4 is 5.32 Å². The molecule has 0 radical (unpaired) electrons. The molecule has 0 aliphatic heterocycles. The largest absolute Gasteiger partial charge is 0.355 e. The lowest BCUT2D eigenvalue weighted by Gasteiger charge is -2.21. The molecule has 0 aromatic heterocycles. The number of rotatable bonds is 9. The Morgan fingerprint density at radius 1 is 1.04 bits per heavy atom. The number of amides is 1. The summed E-state index contributed by atoms with van der Waals surface area (Å²) < 4.78 is 12.9. The number of hydrogen-bond donors (Lipinski definition) is 1. The van der Waals surface area contributed by atoms with E-state index in [1.165, 1.54) is 36.1 Å². The van der Waals surface area contributed by atoms with Gasteiger partial charge in [0.15, 0.2) is 0 Å². The molecular weight excluding hydrogens is 327 g/mol. The molecule has 0 bridgehead atoms. The Hall–Kier alpha value is -2.20. The SMILES string of the molecule is CCc1ccc(CN(CC(=O)NCCc2ccc(F)cc2)C2CC2)cc1. The minimum absolute atomic E-state index is 0.0594. The van der Waals surface area contributed by atoms with Crippen LogP contribution in [0.2, 0.25) is 0 Å². The van der Waals surface area contributed by atoms with Gasteiger partial charge in [0, 0.05) is 19.1 Å². The third-order valence-electron chi connectivity index (χ3n) is 4.88. The van der Waals surface area contributed by atoms with Crippen LogP contribution in [0.5, 0.6) is 0 Å². The van der Waals surface area contributed by atoms with Crippen LogP contribution in [-0.2, 0) is 24.2 Å². The Kier molecular flexibility index (Phi) is 6.40. The molecular formula is C22H27FN2O. The Morgan fingerprint density at radius 2 is 1.65 bits per heavy atom. The molecule has 0 unspecified atom stereocenters. The highest BCUT2D eigenvalue weighted by Crippen LogP contribution is 2.28. The van der Waals surface area contributed by atoms with Gasteiger partial charge in [-0.1, -0.05) is 43.3 Å². The maximum atomic E-state index is 12.9. The van der Waals surface area contributed by atoms with Crippen LogP contribution in [-0.4, -0.2) is 29.9 Å². The van der Waals surface area contributed by atoms with E-state index in [1.807, 2.05) is 0 Å². The second kappa shape index (κ2) is 8.95. The van der Waals surface area contributed by atoms with Gasteiger partial charge in [0.25, 0.3) is 0 Å². The lowest BCUT2D eigenvalue weighted by molar-refractivity contribution is -0.122. The molecule has 0 heterocycles. The summed E-state index contributed by atoms with van der Waals surface area (Å²) in [5.41, 5.74) is 3.63. The maximum absolute atomic E-state index is 12.9. The number of carbonyl (C=O) groups is 1. The summed E-state index contributed by atoms with van der Waals surface area (Å²) in [7, 11) is 0. The zero-order valence-electron chi connectivity index (χ0n) is 15.4. The van der Waals surface area contributed by atoms with Gasteiger partial charge in [0.05, 0.1) is 6.54 Å². The van der Waals surface area contributed by atoms with Crippen molar-refractivity contribution in [2.45, 2.75) is 45.2 Å². The highest BCUT2D eigenvalue weighted by Gasteiger charge is 2.30. The van der Waals surface area contributed by atoms with E-state index in [9.17, 15) is 9.18 Å². The minimum atomic E-state index is -0.232. The predicted molar refractivity (Wildman–Crippen MR) is 102 cm³/mol. The number of carbonyl (C=O) groups excluding carboxylic acids is 1. The summed E-state index contributed by atoms with van der Waals surface area (Å²) in [4.78, 5) is 14.6. The third kappa shape index (κ3) is 5.67. The van der Waals surface area contributed by atoms with Crippen molar-refractivity contribution in [2.75, 3.05) is 13.1 Å². The lowest BCUT2D eigenvalue weighted by atomic mass is 10.1. The van der Waals surface area contributed by atoms with Gasteiger partial charge in [-0.3, -0.25) is 9.69 Å². The molecule has 2 aromatic carbocycles. The molecule has 3 rings (SSSR count). The summed E-state index contributed by atoms with van der Waals surface area (Å²) in [5.74, 6) is -0.172. The fraction of sp³-hybridized carbons (Fsp3) is 0.409. The monoisotopic (exact) mass is 354 g/mol. The first kappa shape index (κ1) is 18.6. The molecule has 3 nitrogen and oxygen atoms in total. The van der Waals surface area contributed by atoms with Crippen LogP contribution >= 0.6 is 0 Å². The van der Waals surface area contributed by atoms with Gasteiger partial charge < -0.3 is 5.32 Å². The molecule has 4 heteroatoms. The number of aryl methyl sites for hydroxylation is 1. The van der Waals surface area contributed by atoms with Crippen molar-refractivity contribution in [3.63, 3.8) is 0 Å². The Morgan fingerprint density at radius 3 is 2.27 bits per heavy atom. The molecule has 138 valence electrons. The second-order valence-corrected chi connectivity index (χ2v) is 7.03. The standard InChI is InChI=1S/C22H27FN2O/c1-2-17-3-5-19(6-4-17)15-25(21-11-12-21)16-22(26)24-14-13-18-7-9-20(23)10-8-18/h3-10,21H,2,11-16H2,1H3,(H,24,26). The molecule has 0 atom stereocenters. The fourth-order valence-electron chi connectivity index (χ4n) is 3.11. The van der Waals surface area contributed by atoms with Gasteiger partial charge in [-0.05, 0) is 54.5 Å². The van der Waals surface area contributed by atoms with Crippen molar-refractivity contribution in [3.05, 3.63) is 71.0 Å². The Labute approximate surface area is 155 Å². The average molecular weight is 354 g/mol. The van der Waals surface area contributed by atoms with Crippen molar-refractivity contribution in [2.24, 2.45) is 0 Å². The van der Waals surface area contributed by atoms with Gasteiger partial charge in [-0.2, -0.15) is 0 Å². The van der Waals surface area contributed by atoms with Crippen molar-refractivity contribution in [1.82, 2.24) is 10.2 Å². The normalized spacial score (nSPS) is 13.8. The van der Waals surface area contributed by atoms with Crippen molar-refractivity contribution in [3.8, 4) is 0 Å². The van der Waals surface area contributed by atoms with Gasteiger partial charge in [-0.15, -0.1) is 0 Å². The zero-order valence-corrected chi connectivity index (χ0v) is 15.4. The number of benzene rings is 2. The van der Waals surface area contributed by atoms with Crippen molar-refractivity contribution >= 4 is 5.91 Å². The molecule has 1 amide bonds. The van der Waals surface area contributed by atoms with E-state index < -0.39 is 0 Å². The summed E-state index contributed by atoms with van der Waals surface area (Å²) >= 11 is 0. The molecule has 26 heavy (non-hydrogen) atoms. The quantitative estimate of drug-likeness (QED) is 0.744. The van der Waals surface area contributed by atoms with Crippen LogP contribution in [0.15, 0.2) is 48.5 Å². The summed E-state index contributed by atoms with van der Waals surface area (Å²) in [5, 5.41) is 2.99. The number of halogens is 1. The fourth-order valence-corrected chi connectivity index (χ4v) is 3.11. The van der Waals surface area contributed by atoms with Crippen LogP contribution in [0, 0.1) is 5.82 Å². The Bertz CT molecular complexity index is 708. The van der Waals surface area contributed by atoms with E-state index >= 15 is 0 Å². The first-order valence-corrected chi connectivity index (χ1v) is 9.47. The van der Waals surface area contributed by atoms with Gasteiger partial charge in [0.1, 0.15) is 5.82 Å². The van der Waals surface area contributed by atoms with E-state index in [2.05, 4.69) is 41.4 Å². The summed E-state index contributed by atoms with van der Waals surface area (Å²) in [6.07, 6.45) is 4.11. The van der Waals surface area contributed by atoms with Gasteiger partial charge in [0.2, 0.25) is 5.91 Å². The molecule has 0 saturated heterocycles. The third-order valence-corrected chi connectivity index (χ3v) is 4.88. The number of hydrogen-bond acceptors (Lipinski definition) is 2. The first-order chi connectivity index (χ1) is 12.6. The Balaban J connectivity index is 1.46. The maximum Gasteiger partial charge on any atom is 0.234 e. The van der Waals surface area contributed by atoms with E-state index in [0.717, 1.165) is 18.5 Å². The van der Waals surface area contributed by atoms with Crippen molar-refractivity contribution < 1.29 is 9.18 Å². The van der Waals surface area contributed by atoms with Crippen LogP contribution in [0.1, 0.15) is 36.5 Å². The molecule has 0 spiro atoms. The average Bonchev–Trinajstić information content (AvgIpc) is 3.49. The molecule has 1 fully saturated rings. The van der Waals surface area contributed by atoms with Gasteiger partial charge >= 0.3 is 0 Å². The summed E-state index contributed by atoms with van der Waals surface area (Å²) in [6.45, 7) is 3.99. The lowest BCUT2D eigenvalue weighted by Crippen LogP contribution is -2.38. The number of nitrogens with one attached hydrogen (secondary N) is 1.